The lowest BCUT2D eigenvalue weighted by Gasteiger charge is -2.29. The van der Waals surface area contributed by atoms with Gasteiger partial charge in [-0.15, -0.1) is 0 Å². The molecule has 0 atom stereocenters. The topological polar surface area (TPSA) is 36.9 Å². The van der Waals surface area contributed by atoms with E-state index in [9.17, 15) is 0 Å². The molecule has 0 aromatic heterocycles. The van der Waals surface area contributed by atoms with E-state index in [0.717, 1.165) is 17.1 Å². The monoisotopic (exact) mass is 300 g/mol. The van der Waals surface area contributed by atoms with Gasteiger partial charge in [0.1, 0.15) is 0 Å². The summed E-state index contributed by atoms with van der Waals surface area (Å²) in [6, 6.07) is 17.6. The quantitative estimate of drug-likeness (QED) is 0.847. The summed E-state index contributed by atoms with van der Waals surface area (Å²) in [5.74, 6) is 1.70. The second-order valence-electron chi connectivity index (χ2n) is 5.24. The Morgan fingerprint density at radius 1 is 0.909 bits per heavy atom. The van der Waals surface area contributed by atoms with Crippen molar-refractivity contribution < 1.29 is 18.9 Å². The first kappa shape index (κ1) is 14.9. The molecule has 0 saturated carbocycles. The molecule has 0 spiro atoms. The van der Waals surface area contributed by atoms with E-state index < -0.39 is 0 Å². The molecule has 116 valence electrons. The smallest absolute Gasteiger partial charge is 0.183 e. The summed E-state index contributed by atoms with van der Waals surface area (Å²) in [6.07, 6.45) is -0.274. The van der Waals surface area contributed by atoms with Gasteiger partial charge >= 0.3 is 0 Å². The van der Waals surface area contributed by atoms with Gasteiger partial charge in [0, 0.05) is 11.5 Å². The molecule has 1 aliphatic rings. The van der Waals surface area contributed by atoms with Crippen molar-refractivity contribution in [1.82, 2.24) is 0 Å². The number of hydrogen-bond acceptors (Lipinski definition) is 4. The molecule has 4 heteroatoms. The van der Waals surface area contributed by atoms with Crippen LogP contribution in [0.5, 0.6) is 11.5 Å². The zero-order chi connectivity index (χ0) is 15.2. The summed E-state index contributed by atoms with van der Waals surface area (Å²) in [5.41, 5.74) is 1.05. The van der Waals surface area contributed by atoms with Crippen molar-refractivity contribution in [3.63, 3.8) is 0 Å². The van der Waals surface area contributed by atoms with Crippen LogP contribution < -0.4 is 9.47 Å². The zero-order valence-electron chi connectivity index (χ0n) is 12.6. The molecule has 1 aliphatic heterocycles. The maximum Gasteiger partial charge on any atom is 0.183 e. The molecular formula is C18H20O4. The van der Waals surface area contributed by atoms with Crippen LogP contribution in [0.3, 0.4) is 0 Å². The summed E-state index contributed by atoms with van der Waals surface area (Å²) in [4.78, 5) is 0. The van der Waals surface area contributed by atoms with Gasteiger partial charge in [0.25, 0.3) is 0 Å². The van der Waals surface area contributed by atoms with E-state index in [1.54, 1.807) is 7.11 Å². The van der Waals surface area contributed by atoms with Gasteiger partial charge in [-0.2, -0.15) is 0 Å². The summed E-state index contributed by atoms with van der Waals surface area (Å²) in [5, 5.41) is 0. The highest BCUT2D eigenvalue weighted by Gasteiger charge is 2.24. The third-order valence-corrected chi connectivity index (χ3v) is 3.58. The molecule has 2 aromatic rings. The second kappa shape index (κ2) is 7.29. The molecule has 1 heterocycles. The lowest BCUT2D eigenvalue weighted by Crippen LogP contribution is -2.31. The molecule has 0 aliphatic carbocycles. The summed E-state index contributed by atoms with van der Waals surface area (Å²) in [7, 11) is 1.64. The third-order valence-electron chi connectivity index (χ3n) is 3.58. The molecule has 1 saturated heterocycles. The van der Waals surface area contributed by atoms with Gasteiger partial charge < -0.3 is 18.9 Å². The highest BCUT2D eigenvalue weighted by atomic mass is 16.7. The van der Waals surface area contributed by atoms with Crippen LogP contribution in [0.25, 0.3) is 0 Å². The molecule has 1 fully saturated rings. The number of para-hydroxylation sites is 2. The van der Waals surface area contributed by atoms with Crippen molar-refractivity contribution in [2.45, 2.75) is 6.29 Å². The van der Waals surface area contributed by atoms with Gasteiger partial charge in [-0.1, -0.05) is 42.5 Å². The first-order chi connectivity index (χ1) is 10.9. The van der Waals surface area contributed by atoms with Gasteiger partial charge in [0.05, 0.1) is 26.9 Å². The van der Waals surface area contributed by atoms with Crippen LogP contribution >= 0.6 is 0 Å². The SMILES string of the molecule is COc1ccccc1OCC1COC(c2ccccc2)OC1. The molecule has 3 rings (SSSR count). The Kier molecular flexibility index (Phi) is 4.93. The van der Waals surface area contributed by atoms with Crippen molar-refractivity contribution >= 4 is 0 Å². The number of rotatable bonds is 5. The van der Waals surface area contributed by atoms with Crippen LogP contribution in [0.2, 0.25) is 0 Å². The summed E-state index contributed by atoms with van der Waals surface area (Å²) < 4.78 is 22.7. The average Bonchev–Trinajstić information content (AvgIpc) is 2.61. The minimum absolute atomic E-state index is 0.213. The maximum atomic E-state index is 5.82. The Morgan fingerprint density at radius 3 is 2.23 bits per heavy atom. The molecule has 0 N–H and O–H groups in total. The van der Waals surface area contributed by atoms with E-state index in [4.69, 9.17) is 18.9 Å². The van der Waals surface area contributed by atoms with Crippen molar-refractivity contribution in [2.75, 3.05) is 26.9 Å². The van der Waals surface area contributed by atoms with Crippen molar-refractivity contribution in [1.29, 1.82) is 0 Å². The van der Waals surface area contributed by atoms with Gasteiger partial charge in [0.2, 0.25) is 0 Å². The molecule has 4 nitrogen and oxygen atoms in total. The first-order valence-corrected chi connectivity index (χ1v) is 7.41. The highest BCUT2D eigenvalue weighted by Crippen LogP contribution is 2.28. The average molecular weight is 300 g/mol. The van der Waals surface area contributed by atoms with Crippen LogP contribution in [0, 0.1) is 5.92 Å². The standard InChI is InChI=1S/C18H20O4/c1-19-16-9-5-6-10-17(16)20-11-14-12-21-18(22-13-14)15-7-3-2-4-8-15/h2-10,14,18H,11-13H2,1H3. The van der Waals surface area contributed by atoms with E-state index in [1.807, 2.05) is 54.6 Å². The van der Waals surface area contributed by atoms with Gasteiger partial charge in [-0.3, -0.25) is 0 Å². The van der Waals surface area contributed by atoms with E-state index in [-0.39, 0.29) is 12.2 Å². The van der Waals surface area contributed by atoms with Gasteiger partial charge in [-0.25, -0.2) is 0 Å². The minimum Gasteiger partial charge on any atom is -0.493 e. The second-order valence-corrected chi connectivity index (χ2v) is 5.24. The Bertz CT molecular complexity index is 577. The first-order valence-electron chi connectivity index (χ1n) is 7.41. The maximum absolute atomic E-state index is 5.82. The van der Waals surface area contributed by atoms with Crippen molar-refractivity contribution in [3.05, 3.63) is 60.2 Å². The lowest BCUT2D eigenvalue weighted by atomic mass is 10.1. The number of methoxy groups -OCH3 is 1. The van der Waals surface area contributed by atoms with E-state index >= 15 is 0 Å². The number of hydrogen-bond donors (Lipinski definition) is 0. The van der Waals surface area contributed by atoms with Crippen LogP contribution in [0.15, 0.2) is 54.6 Å². The van der Waals surface area contributed by atoms with Crippen LogP contribution in [-0.2, 0) is 9.47 Å². The molecule has 0 amide bonds. The summed E-state index contributed by atoms with van der Waals surface area (Å²) in [6.45, 7) is 1.78. The Balaban J connectivity index is 1.50. The number of benzene rings is 2. The van der Waals surface area contributed by atoms with Gasteiger partial charge in [-0.05, 0) is 12.1 Å². The lowest BCUT2D eigenvalue weighted by molar-refractivity contribution is -0.208. The van der Waals surface area contributed by atoms with Crippen molar-refractivity contribution in [3.8, 4) is 11.5 Å². The molecule has 2 aromatic carbocycles. The fraction of sp³-hybridized carbons (Fsp3) is 0.333. The fourth-order valence-corrected chi connectivity index (χ4v) is 2.39. The highest BCUT2D eigenvalue weighted by molar-refractivity contribution is 5.39. The summed E-state index contributed by atoms with van der Waals surface area (Å²) >= 11 is 0. The van der Waals surface area contributed by atoms with Crippen LogP contribution in [0.4, 0.5) is 0 Å². The van der Waals surface area contributed by atoms with Crippen LogP contribution in [-0.4, -0.2) is 26.9 Å². The normalized spacial score (nSPS) is 21.3. The molecule has 0 radical (unpaired) electrons. The Morgan fingerprint density at radius 2 is 1.55 bits per heavy atom. The van der Waals surface area contributed by atoms with Crippen LogP contribution in [0.1, 0.15) is 11.9 Å². The predicted octanol–water partition coefficient (Wildman–Crippen LogP) is 3.44. The Labute approximate surface area is 130 Å². The molecule has 0 unspecified atom stereocenters. The predicted molar refractivity (Wildman–Crippen MR) is 83.1 cm³/mol. The molecule has 0 bridgehead atoms. The minimum atomic E-state index is -0.274. The Hall–Kier alpha value is -2.04. The zero-order valence-corrected chi connectivity index (χ0v) is 12.6. The van der Waals surface area contributed by atoms with E-state index in [1.165, 1.54) is 0 Å². The van der Waals surface area contributed by atoms with Crippen molar-refractivity contribution in [2.24, 2.45) is 5.92 Å². The van der Waals surface area contributed by atoms with E-state index in [2.05, 4.69) is 0 Å². The third kappa shape index (κ3) is 3.59. The number of ether oxygens (including phenoxy) is 4. The fourth-order valence-electron chi connectivity index (χ4n) is 2.39. The van der Waals surface area contributed by atoms with E-state index in [0.29, 0.717) is 19.8 Å². The molecular weight excluding hydrogens is 280 g/mol. The molecule has 22 heavy (non-hydrogen) atoms. The largest absolute Gasteiger partial charge is 0.493 e. The van der Waals surface area contributed by atoms with Gasteiger partial charge in [0.15, 0.2) is 17.8 Å².